The van der Waals surface area contributed by atoms with Crippen molar-refractivity contribution in [3.63, 3.8) is 0 Å². The predicted molar refractivity (Wildman–Crippen MR) is 138 cm³/mol. The highest BCUT2D eigenvalue weighted by atomic mass is 32.2. The van der Waals surface area contributed by atoms with Crippen LogP contribution < -0.4 is 4.74 Å². The van der Waals surface area contributed by atoms with E-state index >= 15 is 0 Å². The Morgan fingerprint density at radius 1 is 1.03 bits per heavy atom. The number of benzene rings is 3. The lowest BCUT2D eigenvalue weighted by Gasteiger charge is -2.17. The summed E-state index contributed by atoms with van der Waals surface area (Å²) in [5.74, 6) is 1.00. The van der Waals surface area contributed by atoms with Crippen LogP contribution in [-0.2, 0) is 11.4 Å². The van der Waals surface area contributed by atoms with Crippen LogP contribution in [0.3, 0.4) is 0 Å². The molecule has 1 fully saturated rings. The van der Waals surface area contributed by atoms with Gasteiger partial charge in [-0.1, -0.05) is 62.4 Å². The van der Waals surface area contributed by atoms with Crippen LogP contribution in [0.15, 0.2) is 88.8 Å². The molecule has 1 heterocycles. The molecule has 1 aliphatic rings. The highest BCUT2D eigenvalue weighted by molar-refractivity contribution is 8.18. The number of ether oxygens (including phenoxy) is 1. The third kappa shape index (κ3) is 5.75. The van der Waals surface area contributed by atoms with Gasteiger partial charge in [-0.25, -0.2) is 4.99 Å². The molecular weight excluding hydrogens is 442 g/mol. The first-order valence-electron chi connectivity index (χ1n) is 11.1. The monoisotopic (exact) mass is 467 g/mol. The molecule has 0 aliphatic carbocycles. The van der Waals surface area contributed by atoms with E-state index in [0.29, 0.717) is 40.5 Å². The Labute approximate surface area is 204 Å². The number of rotatable bonds is 7. The van der Waals surface area contributed by atoms with Gasteiger partial charge in [0.15, 0.2) is 5.17 Å². The number of carbonyl (C=O) groups is 1. The van der Waals surface area contributed by atoms with Gasteiger partial charge in [0.1, 0.15) is 12.4 Å². The van der Waals surface area contributed by atoms with Gasteiger partial charge in [0.05, 0.1) is 22.2 Å². The van der Waals surface area contributed by atoms with E-state index in [0.717, 1.165) is 16.8 Å². The number of thioether (sulfide) groups is 1. The molecule has 0 radical (unpaired) electrons. The van der Waals surface area contributed by atoms with Crippen LogP contribution in [0, 0.1) is 17.2 Å². The van der Waals surface area contributed by atoms with E-state index < -0.39 is 0 Å². The quantitative estimate of drug-likeness (QED) is 0.377. The first kappa shape index (κ1) is 23.3. The first-order valence-corrected chi connectivity index (χ1v) is 11.9. The summed E-state index contributed by atoms with van der Waals surface area (Å²) >= 11 is 1.40. The minimum absolute atomic E-state index is 0.0261. The fourth-order valence-corrected chi connectivity index (χ4v) is 4.47. The molecule has 0 bridgehead atoms. The highest BCUT2D eigenvalue weighted by Gasteiger charge is 2.33. The number of hydrogen-bond acceptors (Lipinski definition) is 5. The molecule has 170 valence electrons. The average molecular weight is 468 g/mol. The Balaban J connectivity index is 1.50. The maximum Gasteiger partial charge on any atom is 0.266 e. The molecule has 0 aromatic heterocycles. The number of amides is 1. The topological polar surface area (TPSA) is 65.7 Å². The molecule has 0 atom stereocenters. The third-order valence-corrected chi connectivity index (χ3v) is 6.13. The fraction of sp³-hybridized carbons (Fsp3) is 0.179. The van der Waals surface area contributed by atoms with Gasteiger partial charge in [0.2, 0.25) is 0 Å². The summed E-state index contributed by atoms with van der Waals surface area (Å²) in [6.45, 7) is 5.12. The minimum atomic E-state index is -0.0261. The average Bonchev–Trinajstić information content (AvgIpc) is 3.12. The Bertz CT molecular complexity index is 1260. The standard InChI is InChI=1S/C28H25N3O2S/c1-20(2)18-31-27(32)26(34-28(31)30-24-10-4-3-5-11-24)16-21-12-14-25(15-13-21)33-19-23-9-7-6-8-22(23)17-29/h3-16,20H,18-19H2,1-2H3. The van der Waals surface area contributed by atoms with Crippen molar-refractivity contribution in [3.8, 4) is 11.8 Å². The van der Waals surface area contributed by atoms with Crippen LogP contribution in [0.2, 0.25) is 0 Å². The maximum atomic E-state index is 13.1. The van der Waals surface area contributed by atoms with Gasteiger partial charge >= 0.3 is 0 Å². The van der Waals surface area contributed by atoms with Crippen molar-refractivity contribution in [2.75, 3.05) is 6.54 Å². The number of aliphatic imine (C=N–C) groups is 1. The second-order valence-corrected chi connectivity index (χ2v) is 9.29. The smallest absolute Gasteiger partial charge is 0.266 e. The molecule has 3 aromatic carbocycles. The van der Waals surface area contributed by atoms with E-state index in [1.54, 1.807) is 11.0 Å². The van der Waals surface area contributed by atoms with Crippen LogP contribution in [0.25, 0.3) is 6.08 Å². The SMILES string of the molecule is CC(C)CN1C(=O)C(=Cc2ccc(OCc3ccccc3C#N)cc2)SC1=Nc1ccccc1. The number of hydrogen-bond donors (Lipinski definition) is 0. The van der Waals surface area contributed by atoms with Crippen LogP contribution in [0.4, 0.5) is 5.69 Å². The molecule has 1 saturated heterocycles. The summed E-state index contributed by atoms with van der Waals surface area (Å²) in [6, 6.07) is 26.9. The Hall–Kier alpha value is -3.82. The summed E-state index contributed by atoms with van der Waals surface area (Å²) in [5, 5.41) is 9.93. The lowest BCUT2D eigenvalue weighted by Crippen LogP contribution is -2.32. The third-order valence-electron chi connectivity index (χ3n) is 5.13. The van der Waals surface area contributed by atoms with Crippen molar-refractivity contribution in [2.24, 2.45) is 10.9 Å². The molecule has 0 N–H and O–H groups in total. The largest absolute Gasteiger partial charge is 0.489 e. The van der Waals surface area contributed by atoms with E-state index in [9.17, 15) is 10.1 Å². The van der Waals surface area contributed by atoms with Gasteiger partial charge in [0.25, 0.3) is 5.91 Å². The molecule has 5 nitrogen and oxygen atoms in total. The maximum absolute atomic E-state index is 13.1. The molecule has 0 spiro atoms. The molecule has 6 heteroatoms. The first-order chi connectivity index (χ1) is 16.5. The molecular formula is C28H25N3O2S. The summed E-state index contributed by atoms with van der Waals surface area (Å²) in [4.78, 5) is 20.3. The molecule has 34 heavy (non-hydrogen) atoms. The summed E-state index contributed by atoms with van der Waals surface area (Å²) < 4.78 is 5.85. The van der Waals surface area contributed by atoms with Crippen molar-refractivity contribution < 1.29 is 9.53 Å². The Kier molecular flexibility index (Phi) is 7.46. The number of amidine groups is 1. The van der Waals surface area contributed by atoms with E-state index in [1.807, 2.05) is 78.9 Å². The summed E-state index contributed by atoms with van der Waals surface area (Å²) in [7, 11) is 0. The minimum Gasteiger partial charge on any atom is -0.489 e. The van der Waals surface area contributed by atoms with Gasteiger partial charge in [0, 0.05) is 12.1 Å². The van der Waals surface area contributed by atoms with Crippen LogP contribution in [0.1, 0.15) is 30.5 Å². The fourth-order valence-electron chi connectivity index (χ4n) is 3.46. The molecule has 0 saturated carbocycles. The van der Waals surface area contributed by atoms with Gasteiger partial charge < -0.3 is 4.74 Å². The van der Waals surface area contributed by atoms with Crippen molar-refractivity contribution >= 4 is 34.6 Å². The lowest BCUT2D eigenvalue weighted by molar-refractivity contribution is -0.122. The number of nitriles is 1. The van der Waals surface area contributed by atoms with Crippen LogP contribution in [-0.4, -0.2) is 22.5 Å². The summed E-state index contributed by atoms with van der Waals surface area (Å²) in [5.41, 5.74) is 3.19. The Morgan fingerprint density at radius 2 is 1.74 bits per heavy atom. The van der Waals surface area contributed by atoms with Gasteiger partial charge in [-0.2, -0.15) is 5.26 Å². The second kappa shape index (κ2) is 10.9. The molecule has 1 aliphatic heterocycles. The predicted octanol–water partition coefficient (Wildman–Crippen LogP) is 6.40. The van der Waals surface area contributed by atoms with Gasteiger partial charge in [-0.3, -0.25) is 9.69 Å². The van der Waals surface area contributed by atoms with Crippen molar-refractivity contribution in [1.82, 2.24) is 4.90 Å². The zero-order valence-electron chi connectivity index (χ0n) is 19.1. The van der Waals surface area contributed by atoms with Gasteiger partial charge in [-0.15, -0.1) is 0 Å². The lowest BCUT2D eigenvalue weighted by atomic mass is 10.1. The van der Waals surface area contributed by atoms with E-state index in [2.05, 4.69) is 19.9 Å². The van der Waals surface area contributed by atoms with Gasteiger partial charge in [-0.05, 0) is 59.7 Å². The number of carbonyl (C=O) groups excluding carboxylic acids is 1. The molecule has 3 aromatic rings. The highest BCUT2D eigenvalue weighted by Crippen LogP contribution is 2.34. The summed E-state index contributed by atoms with van der Waals surface area (Å²) in [6.07, 6.45) is 1.89. The van der Waals surface area contributed by atoms with E-state index in [1.165, 1.54) is 11.8 Å². The zero-order valence-corrected chi connectivity index (χ0v) is 20.0. The van der Waals surface area contributed by atoms with E-state index in [4.69, 9.17) is 9.73 Å². The normalized spacial score (nSPS) is 15.8. The number of para-hydroxylation sites is 1. The Morgan fingerprint density at radius 3 is 2.44 bits per heavy atom. The van der Waals surface area contributed by atoms with Crippen molar-refractivity contribution in [3.05, 3.63) is 100 Å². The van der Waals surface area contributed by atoms with Crippen molar-refractivity contribution in [1.29, 1.82) is 5.26 Å². The molecule has 4 rings (SSSR count). The molecule has 1 amide bonds. The number of nitrogens with zero attached hydrogens (tertiary/aromatic N) is 3. The van der Waals surface area contributed by atoms with Crippen LogP contribution >= 0.6 is 11.8 Å². The zero-order chi connectivity index (χ0) is 23.9. The van der Waals surface area contributed by atoms with Crippen molar-refractivity contribution in [2.45, 2.75) is 20.5 Å². The van der Waals surface area contributed by atoms with Crippen LogP contribution in [0.5, 0.6) is 5.75 Å². The van der Waals surface area contributed by atoms with E-state index in [-0.39, 0.29) is 5.91 Å². The second-order valence-electron chi connectivity index (χ2n) is 8.28. The molecule has 0 unspecified atom stereocenters.